The number of aromatic amines is 2. The Hall–Kier alpha value is -6.58. The fraction of sp³-hybridized carbons (Fsp3) is 0.333. The second-order valence-corrected chi connectivity index (χ2v) is 17.4. The van der Waals surface area contributed by atoms with Gasteiger partial charge in [-0.3, -0.25) is 14.4 Å². The molecule has 3 aromatic carbocycles. The van der Waals surface area contributed by atoms with E-state index in [-0.39, 0.29) is 24.3 Å². The first-order chi connectivity index (χ1) is 32.2. The van der Waals surface area contributed by atoms with Gasteiger partial charge in [-0.2, -0.15) is 0 Å². The number of fused-ring (bicyclic) bond motifs is 1. The fourth-order valence-corrected chi connectivity index (χ4v) is 9.49. The first-order valence-corrected chi connectivity index (χ1v) is 24.2. The van der Waals surface area contributed by atoms with Crippen LogP contribution in [0.1, 0.15) is 78.3 Å². The predicted octanol–water partition coefficient (Wildman–Crippen LogP) is 11.0. The molecule has 13 nitrogen and oxygen atoms in total. The van der Waals surface area contributed by atoms with Crippen molar-refractivity contribution in [3.8, 4) is 43.4 Å². The third-order valence-corrected chi connectivity index (χ3v) is 12.7. The van der Waals surface area contributed by atoms with E-state index in [1.165, 1.54) is 50.7 Å². The SMILES string of the molecule is CC.CC(=O)NCC(=O)N1CCCC1.CCC.COC(=O)NC(C(=O)N1CCCC1)c1ccccc1.c1ncc(-c2ccc(-c3cc4sc(-c5ccc(-c6cnc[nH]6)cc5)cc4s3)cc2)[nH]1. The Bertz CT molecular complexity index is 2370. The summed E-state index contributed by atoms with van der Waals surface area (Å²) in [5.41, 5.74) is 7.64. The number of thiophene rings is 2. The van der Waals surface area contributed by atoms with E-state index in [9.17, 15) is 19.2 Å². The van der Waals surface area contributed by atoms with Crippen LogP contribution in [-0.4, -0.2) is 93.4 Å². The molecule has 7 aromatic rings. The number of aromatic nitrogens is 4. The Balaban J connectivity index is 0.000000195. The molecule has 0 radical (unpaired) electrons. The Labute approximate surface area is 396 Å². The van der Waals surface area contributed by atoms with Crippen molar-refractivity contribution in [2.45, 2.75) is 72.8 Å². The van der Waals surface area contributed by atoms with Crippen molar-refractivity contribution >= 4 is 55.9 Å². The summed E-state index contributed by atoms with van der Waals surface area (Å²) >= 11 is 3.69. The van der Waals surface area contributed by atoms with Gasteiger partial charge in [-0.1, -0.05) is 113 Å². The molecule has 0 bridgehead atoms. The minimum atomic E-state index is -0.674. The summed E-state index contributed by atoms with van der Waals surface area (Å²) < 4.78 is 7.26. The zero-order valence-electron chi connectivity index (χ0n) is 38.8. The van der Waals surface area contributed by atoms with Gasteiger partial charge in [0, 0.05) is 52.3 Å². The Kier molecular flexibility index (Phi) is 20.2. The van der Waals surface area contributed by atoms with E-state index in [0.717, 1.165) is 79.9 Å². The van der Waals surface area contributed by atoms with E-state index >= 15 is 0 Å². The number of H-pyrrole nitrogens is 2. The maximum Gasteiger partial charge on any atom is 0.407 e. The standard InChI is InChI=1S/C24H16N4S2.C14H18N2O3.C8H14N2O2.C3H8.C2H6/c1-5-17(6-2-15(1)19-11-25-13-27-19)21-9-23-24(29-21)10-22(30-23)18-7-3-16(4-8-18)20-12-26-14-28-20;1-19-14(18)15-12(11-7-3-2-4-8-11)13(17)16-9-5-6-10-16;1-7(11)9-6-8(12)10-4-2-3-5-10;1-3-2;1-2/h1-14H,(H,25,27)(H,26,28);2-4,7-8,12H,5-6,9-10H2,1H3,(H,15,18);2-6H2,1H3,(H,9,11);3H2,1-2H3;1-2H3. The molecule has 1 atom stereocenters. The number of methoxy groups -OCH3 is 1. The largest absolute Gasteiger partial charge is 0.453 e. The van der Waals surface area contributed by atoms with E-state index < -0.39 is 12.1 Å². The van der Waals surface area contributed by atoms with E-state index in [1.54, 1.807) is 22.5 Å². The van der Waals surface area contributed by atoms with E-state index in [4.69, 9.17) is 0 Å². The monoisotopic (exact) mass is 930 g/mol. The molecule has 0 aliphatic carbocycles. The average Bonchev–Trinajstić information content (AvgIpc) is 4.21. The van der Waals surface area contributed by atoms with Gasteiger partial charge in [0.05, 0.1) is 50.1 Å². The van der Waals surface area contributed by atoms with Crippen LogP contribution < -0.4 is 10.6 Å². The van der Waals surface area contributed by atoms with Crippen LogP contribution in [0.4, 0.5) is 4.79 Å². The molecule has 9 rings (SSSR count). The lowest BCUT2D eigenvalue weighted by molar-refractivity contribution is -0.132. The summed E-state index contributed by atoms with van der Waals surface area (Å²) in [4.78, 5) is 66.3. The summed E-state index contributed by atoms with van der Waals surface area (Å²) in [6.07, 6.45) is 12.0. The molecule has 0 spiro atoms. The minimum absolute atomic E-state index is 0.0303. The normalized spacial score (nSPS) is 13.1. The van der Waals surface area contributed by atoms with Crippen molar-refractivity contribution in [2.24, 2.45) is 0 Å². The molecule has 2 aliphatic heterocycles. The molecule has 66 heavy (non-hydrogen) atoms. The van der Waals surface area contributed by atoms with Gasteiger partial charge in [0.15, 0.2) is 0 Å². The number of ether oxygens (including phenoxy) is 1. The molecule has 4 N–H and O–H groups in total. The van der Waals surface area contributed by atoms with Gasteiger partial charge in [0.2, 0.25) is 17.7 Å². The van der Waals surface area contributed by atoms with Gasteiger partial charge in [-0.05, 0) is 65.6 Å². The molecule has 2 fully saturated rings. The van der Waals surface area contributed by atoms with Gasteiger partial charge in [0.25, 0.3) is 0 Å². The number of nitrogens with zero attached hydrogens (tertiary/aromatic N) is 4. The van der Waals surface area contributed by atoms with E-state index in [2.05, 4.69) is 110 Å². The number of alkyl carbamates (subject to hydrolysis) is 1. The minimum Gasteiger partial charge on any atom is -0.453 e. The van der Waals surface area contributed by atoms with Crippen molar-refractivity contribution in [3.05, 3.63) is 122 Å². The number of imidazole rings is 2. The molecule has 15 heteroatoms. The van der Waals surface area contributed by atoms with Crippen molar-refractivity contribution in [2.75, 3.05) is 39.8 Å². The van der Waals surface area contributed by atoms with Crippen LogP contribution in [0.3, 0.4) is 0 Å². The second-order valence-electron chi connectivity index (χ2n) is 15.3. The number of nitrogens with one attached hydrogen (secondary N) is 4. The Morgan fingerprint density at radius 3 is 1.53 bits per heavy atom. The highest BCUT2D eigenvalue weighted by atomic mass is 32.1. The van der Waals surface area contributed by atoms with Crippen LogP contribution in [0, 0.1) is 0 Å². The van der Waals surface area contributed by atoms with E-state index in [1.807, 2.05) is 79.2 Å². The zero-order valence-corrected chi connectivity index (χ0v) is 40.4. The smallest absolute Gasteiger partial charge is 0.407 e. The van der Waals surface area contributed by atoms with Gasteiger partial charge in [-0.25, -0.2) is 14.8 Å². The van der Waals surface area contributed by atoms with Crippen molar-refractivity contribution in [3.63, 3.8) is 0 Å². The molecule has 4 aromatic heterocycles. The van der Waals surface area contributed by atoms with Crippen LogP contribution >= 0.6 is 22.7 Å². The Morgan fingerprint density at radius 2 is 1.12 bits per heavy atom. The third kappa shape index (κ3) is 14.5. The number of carbonyl (C=O) groups excluding carboxylic acids is 4. The topological polar surface area (TPSA) is 165 Å². The number of likely N-dealkylation sites (tertiary alicyclic amines) is 2. The number of carbonyl (C=O) groups is 4. The lowest BCUT2D eigenvalue weighted by Crippen LogP contribution is -2.41. The molecule has 1 unspecified atom stereocenters. The summed E-state index contributed by atoms with van der Waals surface area (Å²) in [5.74, 6) is -0.195. The van der Waals surface area contributed by atoms with Crippen LogP contribution in [0.5, 0.6) is 0 Å². The molecule has 0 saturated carbocycles. The first-order valence-electron chi connectivity index (χ1n) is 22.6. The molecule has 348 valence electrons. The van der Waals surface area contributed by atoms with E-state index in [0.29, 0.717) is 0 Å². The third-order valence-electron chi connectivity index (χ3n) is 10.4. The first kappa shape index (κ1) is 50.4. The zero-order chi connectivity index (χ0) is 47.3. The quantitative estimate of drug-likeness (QED) is 0.112. The average molecular weight is 931 g/mol. The number of rotatable bonds is 9. The summed E-state index contributed by atoms with van der Waals surface area (Å²) in [5, 5.41) is 5.10. The number of benzene rings is 3. The summed E-state index contributed by atoms with van der Waals surface area (Å²) in [6, 6.07) is 30.4. The lowest BCUT2D eigenvalue weighted by Gasteiger charge is -2.23. The molecular weight excluding hydrogens is 869 g/mol. The van der Waals surface area contributed by atoms with Crippen LogP contribution in [-0.2, 0) is 19.1 Å². The van der Waals surface area contributed by atoms with Crippen molar-refractivity contribution < 1.29 is 23.9 Å². The molecular formula is C51H62N8O5S2. The van der Waals surface area contributed by atoms with Gasteiger partial charge < -0.3 is 35.1 Å². The number of hydrogen-bond donors (Lipinski definition) is 4. The van der Waals surface area contributed by atoms with Gasteiger partial charge in [-0.15, -0.1) is 22.7 Å². The highest BCUT2D eigenvalue weighted by Crippen LogP contribution is 2.42. The fourth-order valence-electron chi connectivity index (χ4n) is 7.08. The van der Waals surface area contributed by atoms with Crippen molar-refractivity contribution in [1.82, 2.24) is 40.4 Å². The van der Waals surface area contributed by atoms with Crippen molar-refractivity contribution in [1.29, 1.82) is 0 Å². The maximum absolute atomic E-state index is 12.5. The molecule has 6 heterocycles. The van der Waals surface area contributed by atoms with Crippen LogP contribution in [0.25, 0.3) is 52.8 Å². The van der Waals surface area contributed by atoms with Crippen LogP contribution in [0.2, 0.25) is 0 Å². The molecule has 2 saturated heterocycles. The number of amides is 4. The van der Waals surface area contributed by atoms with Gasteiger partial charge in [0.1, 0.15) is 6.04 Å². The molecule has 4 amide bonds. The Morgan fingerprint density at radius 1 is 0.682 bits per heavy atom. The highest BCUT2D eigenvalue weighted by molar-refractivity contribution is 7.31. The molecule has 2 aliphatic rings. The van der Waals surface area contributed by atoms with Gasteiger partial charge >= 0.3 is 6.09 Å². The maximum atomic E-state index is 12.5. The lowest BCUT2D eigenvalue weighted by atomic mass is 10.1. The second kappa shape index (κ2) is 26.4. The summed E-state index contributed by atoms with van der Waals surface area (Å²) in [6.45, 7) is 13.0. The number of hydrogen-bond acceptors (Lipinski definition) is 9. The summed E-state index contributed by atoms with van der Waals surface area (Å²) in [7, 11) is 1.29. The highest BCUT2D eigenvalue weighted by Gasteiger charge is 2.29. The van der Waals surface area contributed by atoms with Crippen LogP contribution in [0.15, 0.2) is 116 Å². The predicted molar refractivity (Wildman–Crippen MR) is 268 cm³/mol.